The van der Waals surface area contributed by atoms with Crippen LogP contribution in [0.15, 0.2) is 5.38 Å². The number of aromatic nitrogens is 1. The Morgan fingerprint density at radius 1 is 1.45 bits per heavy atom. The largest absolute Gasteiger partial charge is 0.339 e. The lowest BCUT2D eigenvalue weighted by molar-refractivity contribution is -0.134. The number of carbonyl (C=O) groups is 4. The fourth-order valence-electron chi connectivity index (χ4n) is 1.65. The summed E-state index contributed by atoms with van der Waals surface area (Å²) in [5, 5.41) is 8.90. The minimum atomic E-state index is -0.744. The summed E-state index contributed by atoms with van der Waals surface area (Å²) in [7, 11) is 0. The molecule has 8 nitrogen and oxygen atoms in total. The van der Waals surface area contributed by atoms with Gasteiger partial charge in [0.05, 0.1) is 0 Å². The molecule has 20 heavy (non-hydrogen) atoms. The van der Waals surface area contributed by atoms with E-state index in [1.165, 1.54) is 12.3 Å². The molecule has 1 fully saturated rings. The monoisotopic (exact) mass is 296 g/mol. The van der Waals surface area contributed by atoms with E-state index < -0.39 is 17.9 Å². The van der Waals surface area contributed by atoms with Crippen LogP contribution in [0.25, 0.3) is 0 Å². The second-order valence-electron chi connectivity index (χ2n) is 4.20. The summed E-state index contributed by atoms with van der Waals surface area (Å²) in [5.41, 5.74) is 0.114. The Kier molecular flexibility index (Phi) is 4.08. The summed E-state index contributed by atoms with van der Waals surface area (Å²) in [6, 6.07) is -0.744. The quantitative estimate of drug-likeness (QED) is 0.658. The molecule has 1 aromatic rings. The number of rotatable bonds is 3. The molecule has 1 aliphatic heterocycles. The summed E-state index contributed by atoms with van der Waals surface area (Å²) in [4.78, 5) is 49.2. The van der Waals surface area contributed by atoms with Crippen LogP contribution >= 0.6 is 11.3 Å². The molecule has 9 heteroatoms. The van der Waals surface area contributed by atoms with E-state index in [0.717, 1.165) is 11.3 Å². The smallest absolute Gasteiger partial charge is 0.271 e. The average molecular weight is 296 g/mol. The summed E-state index contributed by atoms with van der Waals surface area (Å²) in [5.74, 6) is -1.67. The van der Waals surface area contributed by atoms with Crippen molar-refractivity contribution in [1.29, 1.82) is 0 Å². The fraction of sp³-hybridized carbons (Fsp3) is 0.364. The lowest BCUT2D eigenvalue weighted by atomic mass is 10.1. The predicted octanol–water partition coefficient (Wildman–Crippen LogP) is -0.364. The Balaban J connectivity index is 1.98. The van der Waals surface area contributed by atoms with E-state index in [0.29, 0.717) is 5.13 Å². The average Bonchev–Trinajstić information content (AvgIpc) is 2.80. The van der Waals surface area contributed by atoms with Crippen molar-refractivity contribution in [2.75, 3.05) is 5.32 Å². The zero-order chi connectivity index (χ0) is 14.7. The Morgan fingerprint density at radius 3 is 2.85 bits per heavy atom. The molecule has 2 heterocycles. The maximum Gasteiger partial charge on any atom is 0.271 e. The van der Waals surface area contributed by atoms with Gasteiger partial charge in [0.1, 0.15) is 11.7 Å². The van der Waals surface area contributed by atoms with Crippen LogP contribution in [0.3, 0.4) is 0 Å². The molecule has 0 spiro atoms. The molecule has 1 atom stereocenters. The van der Waals surface area contributed by atoms with Crippen LogP contribution in [-0.2, 0) is 14.4 Å². The van der Waals surface area contributed by atoms with Gasteiger partial charge in [-0.3, -0.25) is 24.5 Å². The predicted molar refractivity (Wildman–Crippen MR) is 70.1 cm³/mol. The van der Waals surface area contributed by atoms with Crippen molar-refractivity contribution < 1.29 is 19.2 Å². The Labute approximate surface area is 118 Å². The third-order valence-electron chi connectivity index (χ3n) is 2.56. The zero-order valence-corrected chi connectivity index (χ0v) is 11.4. The van der Waals surface area contributed by atoms with Crippen molar-refractivity contribution in [3.63, 3.8) is 0 Å². The molecule has 0 radical (unpaired) electrons. The number of hydrogen-bond acceptors (Lipinski definition) is 6. The van der Waals surface area contributed by atoms with Crippen LogP contribution in [-0.4, -0.2) is 34.7 Å². The molecule has 4 amide bonds. The SMILES string of the molecule is CC(=O)Nc1nc(C(=O)NC2CCC(=O)NC2=O)cs1. The highest BCUT2D eigenvalue weighted by atomic mass is 32.1. The van der Waals surface area contributed by atoms with E-state index in [-0.39, 0.29) is 30.3 Å². The third-order valence-corrected chi connectivity index (χ3v) is 3.32. The van der Waals surface area contributed by atoms with E-state index in [2.05, 4.69) is 20.9 Å². The van der Waals surface area contributed by atoms with Crippen LogP contribution < -0.4 is 16.0 Å². The Bertz CT molecular complexity index is 583. The van der Waals surface area contributed by atoms with Gasteiger partial charge in [0.2, 0.25) is 17.7 Å². The molecule has 106 valence electrons. The van der Waals surface area contributed by atoms with Crippen molar-refractivity contribution >= 4 is 40.1 Å². The van der Waals surface area contributed by atoms with E-state index in [4.69, 9.17) is 0 Å². The van der Waals surface area contributed by atoms with Gasteiger partial charge in [-0.15, -0.1) is 11.3 Å². The van der Waals surface area contributed by atoms with Gasteiger partial charge in [-0.05, 0) is 6.42 Å². The molecule has 1 saturated heterocycles. The topological polar surface area (TPSA) is 117 Å². The minimum Gasteiger partial charge on any atom is -0.339 e. The normalized spacial score (nSPS) is 18.4. The van der Waals surface area contributed by atoms with Gasteiger partial charge in [-0.2, -0.15) is 0 Å². The fourth-order valence-corrected chi connectivity index (χ4v) is 2.39. The maximum absolute atomic E-state index is 11.9. The molecule has 2 rings (SSSR count). The second-order valence-corrected chi connectivity index (χ2v) is 5.05. The van der Waals surface area contributed by atoms with Crippen LogP contribution in [0, 0.1) is 0 Å². The number of amides is 4. The van der Waals surface area contributed by atoms with Crippen LogP contribution in [0.2, 0.25) is 0 Å². The van der Waals surface area contributed by atoms with Crippen LogP contribution in [0.4, 0.5) is 5.13 Å². The first kappa shape index (κ1) is 14.1. The van der Waals surface area contributed by atoms with Gasteiger partial charge in [0, 0.05) is 18.7 Å². The maximum atomic E-state index is 11.9. The van der Waals surface area contributed by atoms with E-state index in [1.807, 2.05) is 0 Å². The van der Waals surface area contributed by atoms with Gasteiger partial charge in [-0.25, -0.2) is 4.98 Å². The third kappa shape index (κ3) is 3.38. The van der Waals surface area contributed by atoms with Crippen molar-refractivity contribution in [2.24, 2.45) is 0 Å². The molecule has 1 aliphatic rings. The Morgan fingerprint density at radius 2 is 2.20 bits per heavy atom. The van der Waals surface area contributed by atoms with Gasteiger partial charge in [0.15, 0.2) is 5.13 Å². The van der Waals surface area contributed by atoms with Gasteiger partial charge >= 0.3 is 0 Å². The molecular weight excluding hydrogens is 284 g/mol. The number of piperidine rings is 1. The van der Waals surface area contributed by atoms with E-state index >= 15 is 0 Å². The first-order chi connectivity index (χ1) is 9.45. The van der Waals surface area contributed by atoms with Crippen LogP contribution in [0.1, 0.15) is 30.3 Å². The van der Waals surface area contributed by atoms with Gasteiger partial charge < -0.3 is 10.6 Å². The number of nitrogens with zero attached hydrogens (tertiary/aromatic N) is 1. The number of thiazole rings is 1. The Hall–Kier alpha value is -2.29. The summed E-state index contributed by atoms with van der Waals surface area (Å²) >= 11 is 1.11. The summed E-state index contributed by atoms with van der Waals surface area (Å²) in [6.45, 7) is 1.34. The zero-order valence-electron chi connectivity index (χ0n) is 10.6. The van der Waals surface area contributed by atoms with Crippen molar-refractivity contribution in [3.05, 3.63) is 11.1 Å². The van der Waals surface area contributed by atoms with E-state index in [1.54, 1.807) is 0 Å². The standard InChI is InChI=1S/C11H12N4O4S/c1-5(16)12-11-14-7(4-20-11)10(19)13-6-2-3-8(17)15-9(6)18/h4,6H,2-3H2,1H3,(H,13,19)(H,12,14,16)(H,15,17,18). The van der Waals surface area contributed by atoms with Crippen LogP contribution in [0.5, 0.6) is 0 Å². The first-order valence-corrected chi connectivity index (χ1v) is 6.71. The second kappa shape index (κ2) is 5.78. The van der Waals surface area contributed by atoms with Crippen molar-refractivity contribution in [3.8, 4) is 0 Å². The number of carbonyl (C=O) groups excluding carboxylic acids is 4. The molecular formula is C11H12N4O4S. The highest BCUT2D eigenvalue weighted by Gasteiger charge is 2.28. The van der Waals surface area contributed by atoms with E-state index in [9.17, 15) is 19.2 Å². The molecule has 0 saturated carbocycles. The lowest BCUT2D eigenvalue weighted by Crippen LogP contribution is -2.52. The number of anilines is 1. The number of nitrogens with one attached hydrogen (secondary N) is 3. The van der Waals surface area contributed by atoms with Crippen molar-refractivity contribution in [2.45, 2.75) is 25.8 Å². The molecule has 1 aromatic heterocycles. The van der Waals surface area contributed by atoms with Crippen molar-refractivity contribution in [1.82, 2.24) is 15.6 Å². The lowest BCUT2D eigenvalue weighted by Gasteiger charge is -2.21. The number of imide groups is 1. The molecule has 0 aromatic carbocycles. The summed E-state index contributed by atoms with van der Waals surface area (Å²) in [6.07, 6.45) is 0.448. The van der Waals surface area contributed by atoms with Gasteiger partial charge in [0.25, 0.3) is 5.91 Å². The number of hydrogen-bond donors (Lipinski definition) is 3. The molecule has 0 bridgehead atoms. The molecule has 3 N–H and O–H groups in total. The first-order valence-electron chi connectivity index (χ1n) is 5.83. The molecule has 0 aliphatic carbocycles. The van der Waals surface area contributed by atoms with Gasteiger partial charge in [-0.1, -0.05) is 0 Å². The highest BCUT2D eigenvalue weighted by molar-refractivity contribution is 7.14. The summed E-state index contributed by atoms with van der Waals surface area (Å²) < 4.78 is 0. The highest BCUT2D eigenvalue weighted by Crippen LogP contribution is 2.15. The minimum absolute atomic E-state index is 0.114. The molecule has 1 unspecified atom stereocenters.